The molecule has 4 heteroatoms. The number of rotatable bonds is 5. The Kier molecular flexibility index (Phi) is 5.17. The highest BCUT2D eigenvalue weighted by atomic mass is 16.4. The molecule has 0 radical (unpaired) electrons. The van der Waals surface area contributed by atoms with Gasteiger partial charge in [-0.05, 0) is 42.0 Å². The van der Waals surface area contributed by atoms with Gasteiger partial charge in [0, 0.05) is 19.2 Å². The van der Waals surface area contributed by atoms with Gasteiger partial charge in [-0.1, -0.05) is 49.2 Å². The Labute approximate surface area is 148 Å². The monoisotopic (exact) mass is 337 g/mol. The van der Waals surface area contributed by atoms with E-state index in [1.54, 1.807) is 35.2 Å². The largest absolute Gasteiger partial charge is 0.478 e. The van der Waals surface area contributed by atoms with Crippen LogP contribution in [0.25, 0.3) is 11.1 Å². The smallest absolute Gasteiger partial charge is 0.336 e. The Morgan fingerprint density at radius 2 is 1.48 bits per heavy atom. The number of nitrogens with zero attached hydrogens (tertiary/aromatic N) is 1. The molecular formula is C21H23NO3. The molecule has 1 N–H and O–H groups in total. The Hall–Kier alpha value is -2.62. The lowest BCUT2D eigenvalue weighted by atomic mass is 9.94. The highest BCUT2D eigenvalue weighted by Crippen LogP contribution is 2.29. The molecule has 1 aliphatic carbocycles. The maximum atomic E-state index is 13.0. The molecule has 1 fully saturated rings. The van der Waals surface area contributed by atoms with E-state index >= 15 is 0 Å². The summed E-state index contributed by atoms with van der Waals surface area (Å²) in [6.45, 7) is 0.758. The van der Waals surface area contributed by atoms with Gasteiger partial charge in [0.1, 0.15) is 0 Å². The second-order valence-corrected chi connectivity index (χ2v) is 6.73. The summed E-state index contributed by atoms with van der Waals surface area (Å²) in [6.07, 6.45) is 4.85. The minimum Gasteiger partial charge on any atom is -0.478 e. The fraction of sp³-hybridized carbons (Fsp3) is 0.333. The van der Waals surface area contributed by atoms with Gasteiger partial charge in [-0.25, -0.2) is 4.79 Å². The summed E-state index contributed by atoms with van der Waals surface area (Å²) < 4.78 is 0. The summed E-state index contributed by atoms with van der Waals surface area (Å²) in [7, 11) is 1.83. The highest BCUT2D eigenvalue weighted by Gasteiger charge is 2.23. The number of carbonyl (C=O) groups excluding carboxylic acids is 1. The third kappa shape index (κ3) is 3.73. The van der Waals surface area contributed by atoms with Crippen LogP contribution < -0.4 is 0 Å². The summed E-state index contributed by atoms with van der Waals surface area (Å²) in [5.41, 5.74) is 2.01. The van der Waals surface area contributed by atoms with Crippen molar-refractivity contribution in [2.24, 2.45) is 5.92 Å². The summed E-state index contributed by atoms with van der Waals surface area (Å²) >= 11 is 0. The van der Waals surface area contributed by atoms with E-state index < -0.39 is 5.97 Å². The van der Waals surface area contributed by atoms with E-state index in [1.165, 1.54) is 25.7 Å². The van der Waals surface area contributed by atoms with Crippen LogP contribution >= 0.6 is 0 Å². The van der Waals surface area contributed by atoms with Gasteiger partial charge in [-0.15, -0.1) is 0 Å². The molecule has 0 aliphatic heterocycles. The topological polar surface area (TPSA) is 57.6 Å². The molecule has 0 heterocycles. The molecule has 25 heavy (non-hydrogen) atoms. The zero-order chi connectivity index (χ0) is 17.8. The molecule has 130 valence electrons. The van der Waals surface area contributed by atoms with Crippen LogP contribution in [-0.4, -0.2) is 35.5 Å². The van der Waals surface area contributed by atoms with E-state index in [-0.39, 0.29) is 11.5 Å². The maximum absolute atomic E-state index is 13.0. The first-order chi connectivity index (χ1) is 12.1. The normalized spacial score (nSPS) is 14.4. The number of aromatic carboxylic acids is 1. The van der Waals surface area contributed by atoms with Gasteiger partial charge in [-0.3, -0.25) is 4.79 Å². The zero-order valence-electron chi connectivity index (χ0n) is 14.4. The Bertz CT molecular complexity index is 778. The molecule has 1 saturated carbocycles. The standard InChI is InChI=1S/C21H23NO3/c1-22(14-15-8-2-3-9-15)20(23)18-12-6-4-10-16(18)17-11-5-7-13-19(17)21(24)25/h4-7,10-13,15H,2-3,8-9,14H2,1H3,(H,24,25). The fourth-order valence-electron chi connectivity index (χ4n) is 3.68. The maximum Gasteiger partial charge on any atom is 0.336 e. The van der Waals surface area contributed by atoms with E-state index in [4.69, 9.17) is 0 Å². The average Bonchev–Trinajstić information content (AvgIpc) is 3.14. The number of amides is 1. The lowest BCUT2D eigenvalue weighted by Crippen LogP contribution is -2.31. The average molecular weight is 337 g/mol. The summed E-state index contributed by atoms with van der Waals surface area (Å²) in [6, 6.07) is 14.1. The quantitative estimate of drug-likeness (QED) is 0.884. The second kappa shape index (κ2) is 7.51. The van der Waals surface area contributed by atoms with E-state index in [1.807, 2.05) is 25.2 Å². The molecular weight excluding hydrogens is 314 g/mol. The molecule has 0 unspecified atom stereocenters. The van der Waals surface area contributed by atoms with Crippen molar-refractivity contribution in [3.63, 3.8) is 0 Å². The van der Waals surface area contributed by atoms with Gasteiger partial charge in [-0.2, -0.15) is 0 Å². The fourth-order valence-corrected chi connectivity index (χ4v) is 3.68. The van der Waals surface area contributed by atoms with Crippen LogP contribution in [0.1, 0.15) is 46.4 Å². The summed E-state index contributed by atoms with van der Waals surface area (Å²) in [5, 5.41) is 9.46. The molecule has 0 spiro atoms. The first-order valence-electron chi connectivity index (χ1n) is 8.75. The molecule has 1 amide bonds. The zero-order valence-corrected chi connectivity index (χ0v) is 14.4. The van der Waals surface area contributed by atoms with Gasteiger partial charge in [0.25, 0.3) is 5.91 Å². The number of carboxylic acid groups (broad SMARTS) is 1. The molecule has 0 aromatic heterocycles. The van der Waals surface area contributed by atoms with Crippen LogP contribution in [0.15, 0.2) is 48.5 Å². The summed E-state index contributed by atoms with van der Waals surface area (Å²) in [4.78, 5) is 26.3. The Balaban J connectivity index is 1.93. The predicted molar refractivity (Wildman–Crippen MR) is 97.8 cm³/mol. The SMILES string of the molecule is CN(CC1CCCC1)C(=O)c1ccccc1-c1ccccc1C(=O)O. The van der Waals surface area contributed by atoms with Crippen molar-refractivity contribution < 1.29 is 14.7 Å². The molecule has 3 rings (SSSR count). The van der Waals surface area contributed by atoms with Crippen LogP contribution in [0, 0.1) is 5.92 Å². The van der Waals surface area contributed by atoms with E-state index in [0.29, 0.717) is 22.6 Å². The minimum absolute atomic E-state index is 0.0531. The van der Waals surface area contributed by atoms with Crippen molar-refractivity contribution in [1.29, 1.82) is 0 Å². The van der Waals surface area contributed by atoms with Crippen molar-refractivity contribution in [2.45, 2.75) is 25.7 Å². The molecule has 2 aromatic carbocycles. The third-order valence-corrected chi connectivity index (χ3v) is 4.96. The van der Waals surface area contributed by atoms with Crippen molar-refractivity contribution in [3.05, 3.63) is 59.7 Å². The Morgan fingerprint density at radius 3 is 2.08 bits per heavy atom. The van der Waals surface area contributed by atoms with Crippen LogP contribution in [0.4, 0.5) is 0 Å². The Morgan fingerprint density at radius 1 is 0.960 bits per heavy atom. The van der Waals surface area contributed by atoms with Gasteiger partial charge >= 0.3 is 5.97 Å². The van der Waals surface area contributed by atoms with E-state index in [9.17, 15) is 14.7 Å². The number of benzene rings is 2. The van der Waals surface area contributed by atoms with Gasteiger partial charge in [0.05, 0.1) is 5.56 Å². The highest BCUT2D eigenvalue weighted by molar-refractivity contribution is 6.04. The minimum atomic E-state index is -0.989. The van der Waals surface area contributed by atoms with Crippen LogP contribution in [-0.2, 0) is 0 Å². The number of hydrogen-bond donors (Lipinski definition) is 1. The van der Waals surface area contributed by atoms with Gasteiger partial charge < -0.3 is 10.0 Å². The van der Waals surface area contributed by atoms with Crippen molar-refractivity contribution >= 4 is 11.9 Å². The number of carbonyl (C=O) groups is 2. The van der Waals surface area contributed by atoms with Gasteiger partial charge in [0.2, 0.25) is 0 Å². The van der Waals surface area contributed by atoms with E-state index in [0.717, 1.165) is 6.54 Å². The second-order valence-electron chi connectivity index (χ2n) is 6.73. The van der Waals surface area contributed by atoms with Crippen molar-refractivity contribution in [1.82, 2.24) is 4.90 Å². The van der Waals surface area contributed by atoms with E-state index in [2.05, 4.69) is 0 Å². The van der Waals surface area contributed by atoms with Gasteiger partial charge in [0.15, 0.2) is 0 Å². The molecule has 0 bridgehead atoms. The lowest BCUT2D eigenvalue weighted by molar-refractivity contribution is 0.0696. The van der Waals surface area contributed by atoms with Crippen LogP contribution in [0.2, 0.25) is 0 Å². The number of hydrogen-bond acceptors (Lipinski definition) is 2. The third-order valence-electron chi connectivity index (χ3n) is 4.96. The van der Waals surface area contributed by atoms with Crippen LogP contribution in [0.3, 0.4) is 0 Å². The van der Waals surface area contributed by atoms with Crippen molar-refractivity contribution in [3.8, 4) is 11.1 Å². The molecule has 0 atom stereocenters. The molecule has 2 aromatic rings. The first-order valence-corrected chi connectivity index (χ1v) is 8.75. The summed E-state index contributed by atoms with van der Waals surface area (Å²) in [5.74, 6) is -0.465. The van der Waals surface area contributed by atoms with Crippen molar-refractivity contribution in [2.75, 3.05) is 13.6 Å². The first kappa shape index (κ1) is 17.2. The molecule has 4 nitrogen and oxygen atoms in total. The number of carboxylic acids is 1. The predicted octanol–water partition coefficient (Wildman–Crippen LogP) is 4.31. The molecule has 1 aliphatic rings. The lowest BCUT2D eigenvalue weighted by Gasteiger charge is -2.22. The molecule has 0 saturated heterocycles. The van der Waals surface area contributed by atoms with Crippen LogP contribution in [0.5, 0.6) is 0 Å².